The highest BCUT2D eigenvalue weighted by Crippen LogP contribution is 2.22. The molecule has 1 aromatic heterocycles. The molecule has 0 aliphatic rings. The van der Waals surface area contributed by atoms with Crippen LogP contribution in [-0.4, -0.2) is 20.1 Å². The van der Waals surface area contributed by atoms with Crippen LogP contribution in [0.15, 0.2) is 30.3 Å². The first kappa shape index (κ1) is 13.7. The molecule has 0 fully saturated rings. The molecule has 4 nitrogen and oxygen atoms in total. The maximum absolute atomic E-state index is 9.39. The van der Waals surface area contributed by atoms with Gasteiger partial charge in [-0.1, -0.05) is 61.7 Å². The Kier molecular flexibility index (Phi) is 5.10. The number of aromatic nitrogens is 3. The Morgan fingerprint density at radius 3 is 2.58 bits per heavy atom. The Balaban J connectivity index is 2.18. The maximum atomic E-state index is 9.39. The molecular formula is C15H21N3O. The molecule has 0 aliphatic carbocycles. The molecule has 0 amide bonds. The molecule has 4 heteroatoms. The number of hydrogen-bond donors (Lipinski definition) is 1. The fourth-order valence-electron chi connectivity index (χ4n) is 2.21. The fourth-order valence-corrected chi connectivity index (χ4v) is 2.21. The number of unbranched alkanes of at least 4 members (excludes halogenated alkanes) is 3. The van der Waals surface area contributed by atoms with Gasteiger partial charge >= 0.3 is 0 Å². The second kappa shape index (κ2) is 7.04. The van der Waals surface area contributed by atoms with Gasteiger partial charge in [0.2, 0.25) is 0 Å². The van der Waals surface area contributed by atoms with Crippen molar-refractivity contribution in [3.63, 3.8) is 0 Å². The van der Waals surface area contributed by atoms with E-state index in [0.717, 1.165) is 24.2 Å². The number of rotatable bonds is 7. The topological polar surface area (TPSA) is 50.9 Å². The van der Waals surface area contributed by atoms with Gasteiger partial charge in [-0.15, -0.1) is 5.10 Å². The Morgan fingerprint density at radius 1 is 1.11 bits per heavy atom. The Hall–Kier alpha value is -1.68. The van der Waals surface area contributed by atoms with Gasteiger partial charge in [-0.3, -0.25) is 0 Å². The van der Waals surface area contributed by atoms with Crippen LogP contribution in [0.4, 0.5) is 0 Å². The normalized spacial score (nSPS) is 10.8. The minimum Gasteiger partial charge on any atom is -0.390 e. The molecule has 1 N–H and O–H groups in total. The van der Waals surface area contributed by atoms with Crippen molar-refractivity contribution in [2.45, 2.75) is 45.8 Å². The second-order valence-electron chi connectivity index (χ2n) is 4.69. The molecule has 2 aromatic rings. The van der Waals surface area contributed by atoms with Crippen molar-refractivity contribution in [2.24, 2.45) is 0 Å². The van der Waals surface area contributed by atoms with E-state index in [0.29, 0.717) is 5.69 Å². The third-order valence-corrected chi connectivity index (χ3v) is 3.23. The van der Waals surface area contributed by atoms with E-state index in [9.17, 15) is 5.11 Å². The molecule has 0 atom stereocenters. The number of aliphatic hydroxyl groups is 1. The van der Waals surface area contributed by atoms with E-state index in [-0.39, 0.29) is 6.61 Å². The zero-order valence-corrected chi connectivity index (χ0v) is 11.4. The summed E-state index contributed by atoms with van der Waals surface area (Å²) in [6, 6.07) is 10.0. The third-order valence-electron chi connectivity index (χ3n) is 3.23. The van der Waals surface area contributed by atoms with E-state index in [1.807, 2.05) is 35.0 Å². The summed E-state index contributed by atoms with van der Waals surface area (Å²) >= 11 is 0. The fraction of sp³-hybridized carbons (Fsp3) is 0.467. The summed E-state index contributed by atoms with van der Waals surface area (Å²) in [5, 5.41) is 17.6. The molecular weight excluding hydrogens is 238 g/mol. The third kappa shape index (κ3) is 3.41. The van der Waals surface area contributed by atoms with Gasteiger partial charge in [0.15, 0.2) is 0 Å². The predicted molar refractivity (Wildman–Crippen MR) is 75.5 cm³/mol. The minimum atomic E-state index is -0.0703. The van der Waals surface area contributed by atoms with Crippen molar-refractivity contribution < 1.29 is 5.11 Å². The van der Waals surface area contributed by atoms with Crippen molar-refractivity contribution in [2.75, 3.05) is 0 Å². The summed E-state index contributed by atoms with van der Waals surface area (Å²) < 4.78 is 1.91. The molecule has 0 radical (unpaired) electrons. The van der Waals surface area contributed by atoms with Crippen LogP contribution in [-0.2, 0) is 13.2 Å². The second-order valence-corrected chi connectivity index (χ2v) is 4.69. The van der Waals surface area contributed by atoms with Crippen molar-refractivity contribution in [3.05, 3.63) is 36.0 Å². The van der Waals surface area contributed by atoms with Gasteiger partial charge in [-0.25, -0.2) is 4.68 Å². The molecule has 19 heavy (non-hydrogen) atoms. The van der Waals surface area contributed by atoms with Crippen molar-refractivity contribution in [3.8, 4) is 11.3 Å². The van der Waals surface area contributed by atoms with Crippen LogP contribution in [0.25, 0.3) is 11.3 Å². The molecule has 0 unspecified atom stereocenters. The highest BCUT2D eigenvalue weighted by atomic mass is 16.3. The van der Waals surface area contributed by atoms with Crippen LogP contribution in [0.3, 0.4) is 0 Å². The number of aliphatic hydroxyl groups excluding tert-OH is 1. The lowest BCUT2D eigenvalue weighted by Gasteiger charge is -2.07. The monoisotopic (exact) mass is 259 g/mol. The molecule has 0 saturated heterocycles. The molecule has 0 aliphatic heterocycles. The zero-order chi connectivity index (χ0) is 13.5. The molecule has 2 rings (SSSR count). The number of benzene rings is 1. The molecule has 0 bridgehead atoms. The molecule has 1 aromatic carbocycles. The van der Waals surface area contributed by atoms with Crippen molar-refractivity contribution >= 4 is 0 Å². The first-order valence-corrected chi connectivity index (χ1v) is 6.95. The highest BCUT2D eigenvalue weighted by molar-refractivity contribution is 5.61. The van der Waals surface area contributed by atoms with E-state index < -0.39 is 0 Å². The largest absolute Gasteiger partial charge is 0.390 e. The maximum Gasteiger partial charge on any atom is 0.116 e. The van der Waals surface area contributed by atoms with Gasteiger partial charge in [0.1, 0.15) is 5.69 Å². The Labute approximate surface area is 114 Å². The van der Waals surface area contributed by atoms with Crippen LogP contribution in [0.2, 0.25) is 0 Å². The molecule has 0 saturated carbocycles. The lowest BCUT2D eigenvalue weighted by Crippen LogP contribution is -2.03. The summed E-state index contributed by atoms with van der Waals surface area (Å²) in [4.78, 5) is 0. The smallest absolute Gasteiger partial charge is 0.116 e. The van der Waals surface area contributed by atoms with E-state index in [1.165, 1.54) is 19.3 Å². The average Bonchev–Trinajstić information content (AvgIpc) is 2.87. The van der Waals surface area contributed by atoms with E-state index >= 15 is 0 Å². The van der Waals surface area contributed by atoms with Gasteiger partial charge in [-0.05, 0) is 6.42 Å². The number of hydrogen-bond acceptors (Lipinski definition) is 3. The average molecular weight is 259 g/mol. The van der Waals surface area contributed by atoms with Gasteiger partial charge in [-0.2, -0.15) is 0 Å². The van der Waals surface area contributed by atoms with E-state index in [2.05, 4.69) is 17.2 Å². The molecule has 0 spiro atoms. The first-order valence-electron chi connectivity index (χ1n) is 6.95. The van der Waals surface area contributed by atoms with Gasteiger partial charge in [0.05, 0.1) is 12.3 Å². The van der Waals surface area contributed by atoms with E-state index in [1.54, 1.807) is 0 Å². The standard InChI is InChI=1S/C15H21N3O/c1-2-3-4-8-11-18-15(14(12-19)16-17-18)13-9-6-5-7-10-13/h5-7,9-10,19H,2-4,8,11-12H2,1H3. The minimum absolute atomic E-state index is 0.0703. The zero-order valence-electron chi connectivity index (χ0n) is 11.4. The van der Waals surface area contributed by atoms with Gasteiger partial charge in [0, 0.05) is 12.1 Å². The van der Waals surface area contributed by atoms with Crippen LogP contribution in [0.1, 0.15) is 38.3 Å². The van der Waals surface area contributed by atoms with Crippen molar-refractivity contribution in [1.82, 2.24) is 15.0 Å². The van der Waals surface area contributed by atoms with Crippen LogP contribution >= 0.6 is 0 Å². The SMILES string of the molecule is CCCCCCn1nnc(CO)c1-c1ccccc1. The summed E-state index contributed by atoms with van der Waals surface area (Å²) in [6.45, 7) is 2.99. The number of nitrogens with zero attached hydrogens (tertiary/aromatic N) is 3. The lowest BCUT2D eigenvalue weighted by atomic mass is 10.1. The highest BCUT2D eigenvalue weighted by Gasteiger charge is 2.13. The summed E-state index contributed by atoms with van der Waals surface area (Å²) in [5.74, 6) is 0. The summed E-state index contributed by atoms with van der Waals surface area (Å²) in [6.07, 6.45) is 4.79. The van der Waals surface area contributed by atoms with E-state index in [4.69, 9.17) is 0 Å². The Bertz CT molecular complexity index is 493. The van der Waals surface area contributed by atoms with Gasteiger partial charge < -0.3 is 5.11 Å². The first-order chi connectivity index (χ1) is 9.36. The predicted octanol–water partition coefficient (Wildman–Crippen LogP) is 3.02. The lowest BCUT2D eigenvalue weighted by molar-refractivity contribution is 0.277. The quantitative estimate of drug-likeness (QED) is 0.778. The number of aryl methyl sites for hydroxylation is 1. The summed E-state index contributed by atoms with van der Waals surface area (Å²) in [7, 11) is 0. The molecule has 102 valence electrons. The van der Waals surface area contributed by atoms with Crippen LogP contribution in [0.5, 0.6) is 0 Å². The van der Waals surface area contributed by atoms with Crippen molar-refractivity contribution in [1.29, 1.82) is 0 Å². The molecule has 1 heterocycles. The van der Waals surface area contributed by atoms with Crippen LogP contribution in [0, 0.1) is 0 Å². The van der Waals surface area contributed by atoms with Gasteiger partial charge in [0.25, 0.3) is 0 Å². The summed E-state index contributed by atoms with van der Waals surface area (Å²) in [5.41, 5.74) is 2.66. The van der Waals surface area contributed by atoms with Crippen LogP contribution < -0.4 is 0 Å². The Morgan fingerprint density at radius 2 is 1.89 bits per heavy atom.